The van der Waals surface area contributed by atoms with Crippen LogP contribution in [-0.4, -0.2) is 47.0 Å². The summed E-state index contributed by atoms with van der Waals surface area (Å²) in [7, 11) is 0. The third-order valence-corrected chi connectivity index (χ3v) is 6.22. The summed E-state index contributed by atoms with van der Waals surface area (Å²) >= 11 is 6.09. The van der Waals surface area contributed by atoms with Crippen molar-refractivity contribution in [3.8, 4) is 0 Å². The van der Waals surface area contributed by atoms with Crippen molar-refractivity contribution in [2.75, 3.05) is 11.9 Å². The average Bonchev–Trinajstić information content (AvgIpc) is 3.16. The van der Waals surface area contributed by atoms with Crippen LogP contribution in [0.15, 0.2) is 72.8 Å². The van der Waals surface area contributed by atoms with Gasteiger partial charge in [0.15, 0.2) is 12.4 Å². The van der Waals surface area contributed by atoms with Crippen LogP contribution in [0.5, 0.6) is 0 Å². The number of benzene rings is 3. The summed E-state index contributed by atoms with van der Waals surface area (Å²) in [5.74, 6) is -3.13. The lowest BCUT2D eigenvalue weighted by Gasteiger charge is -2.25. The summed E-state index contributed by atoms with van der Waals surface area (Å²) in [5.41, 5.74) is 1.22. The van der Waals surface area contributed by atoms with Gasteiger partial charge in [-0.15, -0.1) is 0 Å². The SMILES string of the molecule is CC(C)C[C@@H](C(=O)OCC(=O)Nc1ccc(Cl)cc1C(=O)c1ccccc1)N1C(=O)c2ccccc2C1=O. The van der Waals surface area contributed by atoms with Crippen molar-refractivity contribution < 1.29 is 28.7 Å². The van der Waals surface area contributed by atoms with Gasteiger partial charge in [0.1, 0.15) is 6.04 Å². The number of anilines is 1. The molecule has 4 rings (SSSR count). The standard InChI is InChI=1S/C29H25ClN2O6/c1-17(2)14-24(32-27(35)20-10-6-7-11-21(20)28(32)36)29(37)38-16-25(33)31-23-13-12-19(30)15-22(23)26(34)18-8-4-3-5-9-18/h3-13,15,17,24H,14,16H2,1-2H3,(H,31,33)/t24-/m0/s1. The molecule has 0 spiro atoms. The molecular formula is C29H25ClN2O6. The zero-order chi connectivity index (χ0) is 27.4. The van der Waals surface area contributed by atoms with Crippen molar-refractivity contribution in [3.05, 3.63) is 100 Å². The van der Waals surface area contributed by atoms with Crippen LogP contribution in [0.25, 0.3) is 0 Å². The van der Waals surface area contributed by atoms with E-state index >= 15 is 0 Å². The minimum Gasteiger partial charge on any atom is -0.454 e. The largest absolute Gasteiger partial charge is 0.454 e. The quantitative estimate of drug-likeness (QED) is 0.242. The molecule has 3 amide bonds. The van der Waals surface area contributed by atoms with Gasteiger partial charge < -0.3 is 10.1 Å². The monoisotopic (exact) mass is 532 g/mol. The first-order chi connectivity index (χ1) is 18.2. The molecule has 0 aliphatic carbocycles. The Hall–Kier alpha value is -4.30. The number of carbonyl (C=O) groups excluding carboxylic acids is 5. The molecule has 1 aliphatic rings. The minimum atomic E-state index is -1.19. The Morgan fingerprint density at radius 1 is 0.895 bits per heavy atom. The van der Waals surface area contributed by atoms with Crippen LogP contribution in [0, 0.1) is 5.92 Å². The predicted octanol–water partition coefficient (Wildman–Crippen LogP) is 4.76. The molecule has 0 radical (unpaired) electrons. The van der Waals surface area contributed by atoms with Crippen LogP contribution in [0.4, 0.5) is 5.69 Å². The van der Waals surface area contributed by atoms with E-state index in [4.69, 9.17) is 16.3 Å². The van der Waals surface area contributed by atoms with Crippen molar-refractivity contribution in [2.24, 2.45) is 5.92 Å². The molecule has 3 aromatic carbocycles. The first-order valence-electron chi connectivity index (χ1n) is 12.0. The highest BCUT2D eigenvalue weighted by atomic mass is 35.5. The fraction of sp³-hybridized carbons (Fsp3) is 0.207. The van der Waals surface area contributed by atoms with Gasteiger partial charge in [0.05, 0.1) is 16.8 Å². The van der Waals surface area contributed by atoms with Gasteiger partial charge in [-0.1, -0.05) is 67.9 Å². The number of fused-ring (bicyclic) bond motifs is 1. The second kappa shape index (κ2) is 11.4. The fourth-order valence-corrected chi connectivity index (χ4v) is 4.39. The molecule has 194 valence electrons. The molecule has 0 saturated heterocycles. The Morgan fingerprint density at radius 3 is 2.11 bits per heavy atom. The highest BCUT2D eigenvalue weighted by Gasteiger charge is 2.43. The lowest BCUT2D eigenvalue weighted by Crippen LogP contribution is -2.46. The summed E-state index contributed by atoms with van der Waals surface area (Å²) in [4.78, 5) is 65.5. The van der Waals surface area contributed by atoms with E-state index < -0.39 is 36.3 Å². The van der Waals surface area contributed by atoms with Crippen LogP contribution in [-0.2, 0) is 14.3 Å². The van der Waals surface area contributed by atoms with Crippen molar-refractivity contribution in [1.82, 2.24) is 4.90 Å². The lowest BCUT2D eigenvalue weighted by molar-refractivity contribution is -0.151. The molecular weight excluding hydrogens is 508 g/mol. The van der Waals surface area contributed by atoms with Crippen LogP contribution in [0.1, 0.15) is 56.9 Å². The van der Waals surface area contributed by atoms with Gasteiger partial charge in [0, 0.05) is 16.1 Å². The molecule has 9 heteroatoms. The maximum Gasteiger partial charge on any atom is 0.329 e. The van der Waals surface area contributed by atoms with E-state index in [2.05, 4.69) is 5.32 Å². The Morgan fingerprint density at radius 2 is 1.50 bits per heavy atom. The number of rotatable bonds is 9. The summed E-state index contributed by atoms with van der Waals surface area (Å²) in [6, 6.07) is 18.1. The van der Waals surface area contributed by atoms with Crippen molar-refractivity contribution >= 4 is 46.8 Å². The van der Waals surface area contributed by atoms with Crippen molar-refractivity contribution in [2.45, 2.75) is 26.3 Å². The molecule has 1 heterocycles. The minimum absolute atomic E-state index is 0.0497. The van der Waals surface area contributed by atoms with E-state index in [1.807, 2.05) is 13.8 Å². The number of hydrogen-bond donors (Lipinski definition) is 1. The lowest BCUT2D eigenvalue weighted by atomic mass is 10.0. The molecule has 1 N–H and O–H groups in total. The second-order valence-corrected chi connectivity index (χ2v) is 9.65. The van der Waals surface area contributed by atoms with Crippen LogP contribution in [0.3, 0.4) is 0 Å². The highest BCUT2D eigenvalue weighted by molar-refractivity contribution is 6.31. The third kappa shape index (κ3) is 5.65. The first kappa shape index (κ1) is 26.8. The number of carbonyl (C=O) groups is 5. The molecule has 1 atom stereocenters. The van der Waals surface area contributed by atoms with Gasteiger partial charge >= 0.3 is 5.97 Å². The van der Waals surface area contributed by atoms with Gasteiger partial charge in [0.25, 0.3) is 17.7 Å². The molecule has 0 saturated carbocycles. The number of halogens is 1. The van der Waals surface area contributed by atoms with Crippen LogP contribution in [0.2, 0.25) is 5.02 Å². The predicted molar refractivity (Wildman–Crippen MR) is 141 cm³/mol. The number of ketones is 1. The zero-order valence-corrected chi connectivity index (χ0v) is 21.5. The number of hydrogen-bond acceptors (Lipinski definition) is 6. The van der Waals surface area contributed by atoms with E-state index in [1.165, 1.54) is 30.3 Å². The Balaban J connectivity index is 1.47. The van der Waals surface area contributed by atoms with E-state index in [0.717, 1.165) is 4.90 Å². The summed E-state index contributed by atoms with van der Waals surface area (Å²) in [6.07, 6.45) is 0.166. The number of amides is 3. The first-order valence-corrected chi connectivity index (χ1v) is 12.4. The van der Waals surface area contributed by atoms with E-state index in [9.17, 15) is 24.0 Å². The molecule has 0 unspecified atom stereocenters. The van der Waals surface area contributed by atoms with Gasteiger partial charge in [-0.2, -0.15) is 0 Å². The van der Waals surface area contributed by atoms with Gasteiger partial charge in [0.2, 0.25) is 0 Å². The maximum atomic E-state index is 13.0. The summed E-state index contributed by atoms with van der Waals surface area (Å²) < 4.78 is 5.25. The molecule has 0 fully saturated rings. The highest BCUT2D eigenvalue weighted by Crippen LogP contribution is 2.28. The second-order valence-electron chi connectivity index (χ2n) is 9.21. The maximum absolute atomic E-state index is 13.0. The Kier molecular flexibility index (Phi) is 8.02. The topological polar surface area (TPSA) is 110 Å². The van der Waals surface area contributed by atoms with Crippen molar-refractivity contribution in [3.63, 3.8) is 0 Å². The average molecular weight is 533 g/mol. The Labute approximate surface area is 224 Å². The normalized spacial score (nSPS) is 13.3. The molecule has 1 aliphatic heterocycles. The molecule has 8 nitrogen and oxygen atoms in total. The summed E-state index contributed by atoms with van der Waals surface area (Å²) in [6.45, 7) is 3.01. The molecule has 3 aromatic rings. The zero-order valence-electron chi connectivity index (χ0n) is 20.8. The number of nitrogens with one attached hydrogen (secondary N) is 1. The van der Waals surface area contributed by atoms with Gasteiger partial charge in [-0.05, 0) is 42.7 Å². The number of ether oxygens (including phenoxy) is 1. The fourth-order valence-electron chi connectivity index (χ4n) is 4.22. The number of esters is 1. The number of imide groups is 1. The number of nitrogens with zero attached hydrogens (tertiary/aromatic N) is 1. The van der Waals surface area contributed by atoms with Gasteiger partial charge in [-0.25, -0.2) is 4.79 Å². The van der Waals surface area contributed by atoms with Crippen molar-refractivity contribution in [1.29, 1.82) is 0 Å². The Bertz CT molecular complexity index is 1380. The van der Waals surface area contributed by atoms with E-state index in [1.54, 1.807) is 42.5 Å². The van der Waals surface area contributed by atoms with E-state index in [0.29, 0.717) is 10.6 Å². The van der Waals surface area contributed by atoms with Crippen LogP contribution < -0.4 is 5.32 Å². The third-order valence-electron chi connectivity index (χ3n) is 5.99. The molecule has 0 bridgehead atoms. The summed E-state index contributed by atoms with van der Waals surface area (Å²) in [5, 5.41) is 2.89. The smallest absolute Gasteiger partial charge is 0.329 e. The molecule has 38 heavy (non-hydrogen) atoms. The van der Waals surface area contributed by atoms with Gasteiger partial charge in [-0.3, -0.25) is 24.1 Å². The van der Waals surface area contributed by atoms with E-state index in [-0.39, 0.29) is 40.5 Å². The van der Waals surface area contributed by atoms with Crippen LogP contribution >= 0.6 is 11.6 Å². The molecule has 0 aromatic heterocycles.